The Morgan fingerprint density at radius 1 is 1.10 bits per heavy atom. The summed E-state index contributed by atoms with van der Waals surface area (Å²) in [6.45, 7) is 7.58. The zero-order chi connectivity index (χ0) is 21.7. The predicted molar refractivity (Wildman–Crippen MR) is 104 cm³/mol. The molecule has 1 aromatic rings. The van der Waals surface area contributed by atoms with E-state index in [1.54, 1.807) is 32.9 Å². The maximum Gasteiger partial charge on any atom is 0.334 e. The van der Waals surface area contributed by atoms with E-state index in [2.05, 4.69) is 0 Å². The van der Waals surface area contributed by atoms with Crippen LogP contribution in [0.5, 0.6) is 11.5 Å². The van der Waals surface area contributed by atoms with Gasteiger partial charge in [0.2, 0.25) is 5.91 Å². The van der Waals surface area contributed by atoms with Crippen molar-refractivity contribution in [1.82, 2.24) is 14.7 Å². The molecule has 2 rings (SSSR count). The number of rotatable bonds is 9. The van der Waals surface area contributed by atoms with Crippen LogP contribution in [0.3, 0.4) is 0 Å². The van der Waals surface area contributed by atoms with Crippen LogP contribution in [0.15, 0.2) is 18.2 Å². The van der Waals surface area contributed by atoms with Crippen LogP contribution in [0.4, 0.5) is 4.79 Å². The summed E-state index contributed by atoms with van der Waals surface area (Å²) in [5.74, 6) is -1.15. The molecule has 29 heavy (non-hydrogen) atoms. The van der Waals surface area contributed by atoms with E-state index in [-0.39, 0.29) is 6.54 Å². The van der Waals surface area contributed by atoms with E-state index >= 15 is 0 Å². The van der Waals surface area contributed by atoms with Gasteiger partial charge in [-0.05, 0) is 45.4 Å². The molecule has 1 fully saturated rings. The highest BCUT2D eigenvalue weighted by Gasteiger charge is 2.46. The summed E-state index contributed by atoms with van der Waals surface area (Å²) in [6, 6.07) is 4.14. The minimum atomic E-state index is -0.976. The van der Waals surface area contributed by atoms with Crippen LogP contribution in [0.2, 0.25) is 0 Å². The van der Waals surface area contributed by atoms with E-state index in [4.69, 9.17) is 9.47 Å². The Morgan fingerprint density at radius 2 is 1.79 bits per heavy atom. The minimum absolute atomic E-state index is 0.260. The molecular weight excluding hydrogens is 378 g/mol. The number of urea groups is 1. The molecule has 1 saturated heterocycles. The molecule has 5 amide bonds. The number of carbonyl (C=O) groups is 4. The second-order valence-electron chi connectivity index (χ2n) is 6.77. The molecule has 9 nitrogen and oxygen atoms in total. The molecule has 1 heterocycles. The van der Waals surface area contributed by atoms with E-state index in [9.17, 15) is 19.2 Å². The van der Waals surface area contributed by atoms with Crippen LogP contribution >= 0.6 is 0 Å². The van der Waals surface area contributed by atoms with Gasteiger partial charge in [-0.2, -0.15) is 0 Å². The molecule has 9 heteroatoms. The molecule has 0 spiro atoms. The number of carbonyl (C=O) groups excluding carboxylic acids is 4. The first-order valence-corrected chi connectivity index (χ1v) is 9.51. The number of likely N-dealkylation sites (N-methyl/N-ethyl adjacent to an activating group) is 1. The third-order valence-electron chi connectivity index (χ3n) is 4.53. The van der Waals surface area contributed by atoms with Gasteiger partial charge in [-0.15, -0.1) is 0 Å². The van der Waals surface area contributed by atoms with Crippen LogP contribution in [0.25, 0.3) is 0 Å². The molecular formula is C20H27N3O6. The predicted octanol–water partition coefficient (Wildman–Crippen LogP) is 1.64. The molecule has 1 aliphatic rings. The maximum atomic E-state index is 12.7. The van der Waals surface area contributed by atoms with Gasteiger partial charge >= 0.3 is 17.8 Å². The molecule has 0 radical (unpaired) electrons. The Morgan fingerprint density at radius 3 is 2.31 bits per heavy atom. The Kier molecular flexibility index (Phi) is 7.19. The Labute approximate surface area is 170 Å². The first kappa shape index (κ1) is 22.2. The van der Waals surface area contributed by atoms with Gasteiger partial charge in [0.15, 0.2) is 11.5 Å². The molecule has 0 unspecified atom stereocenters. The number of hydrogen-bond acceptors (Lipinski definition) is 6. The fraction of sp³-hybridized carbons (Fsp3) is 0.500. The summed E-state index contributed by atoms with van der Waals surface area (Å²) >= 11 is 0. The van der Waals surface area contributed by atoms with E-state index in [0.29, 0.717) is 29.6 Å². The lowest BCUT2D eigenvalue weighted by molar-refractivity contribution is -0.145. The van der Waals surface area contributed by atoms with Crippen LogP contribution in [0, 0.1) is 0 Å². The van der Waals surface area contributed by atoms with Gasteiger partial charge in [-0.3, -0.25) is 19.3 Å². The molecule has 0 N–H and O–H groups in total. The van der Waals surface area contributed by atoms with Crippen molar-refractivity contribution in [2.75, 3.05) is 26.8 Å². The lowest BCUT2D eigenvalue weighted by atomic mass is 10.2. The molecule has 0 aromatic heterocycles. The zero-order valence-electron chi connectivity index (χ0n) is 17.4. The lowest BCUT2D eigenvalue weighted by Gasteiger charge is -2.24. The number of nitrogens with zero attached hydrogens (tertiary/aromatic N) is 3. The monoisotopic (exact) mass is 405 g/mol. The number of imide groups is 2. The van der Waals surface area contributed by atoms with Gasteiger partial charge < -0.3 is 14.4 Å². The molecule has 0 bridgehead atoms. The molecule has 1 aromatic carbocycles. The second kappa shape index (κ2) is 9.40. The third kappa shape index (κ3) is 4.67. The minimum Gasteiger partial charge on any atom is -0.493 e. The SMILES string of the molecule is CCOc1ccc(CN(CC)C(=O)CN2C(=O)C(=O)N(C(C)C)C2=O)cc1OC. The Hall–Kier alpha value is -3.10. The highest BCUT2D eigenvalue weighted by molar-refractivity contribution is 6.45. The highest BCUT2D eigenvalue weighted by atomic mass is 16.5. The van der Waals surface area contributed by atoms with Crippen LogP contribution in [-0.4, -0.2) is 71.3 Å². The third-order valence-corrected chi connectivity index (χ3v) is 4.53. The fourth-order valence-electron chi connectivity index (χ4n) is 3.03. The number of hydrogen-bond donors (Lipinski definition) is 0. The van der Waals surface area contributed by atoms with Crippen molar-refractivity contribution in [2.45, 2.75) is 40.3 Å². The summed E-state index contributed by atoms with van der Waals surface area (Å²) < 4.78 is 10.8. The molecule has 0 aliphatic carbocycles. The average Bonchev–Trinajstić information content (AvgIpc) is 2.90. The maximum absolute atomic E-state index is 12.7. The highest BCUT2D eigenvalue weighted by Crippen LogP contribution is 2.28. The summed E-state index contributed by atoms with van der Waals surface area (Å²) in [5.41, 5.74) is 0.805. The molecule has 1 aliphatic heterocycles. The van der Waals surface area contributed by atoms with Crippen LogP contribution in [0.1, 0.15) is 33.3 Å². The molecule has 0 saturated carbocycles. The second-order valence-corrected chi connectivity index (χ2v) is 6.77. The fourth-order valence-corrected chi connectivity index (χ4v) is 3.03. The van der Waals surface area contributed by atoms with Gasteiger partial charge in [-0.1, -0.05) is 6.07 Å². The van der Waals surface area contributed by atoms with Crippen molar-refractivity contribution in [1.29, 1.82) is 0 Å². The number of benzene rings is 1. The van der Waals surface area contributed by atoms with Crippen molar-refractivity contribution in [3.63, 3.8) is 0 Å². The standard InChI is InChI=1S/C20H27N3O6/c1-6-21(11-14-8-9-15(29-7-2)16(10-14)28-5)17(24)12-22-18(25)19(26)23(13(3)4)20(22)27/h8-10,13H,6-7,11-12H2,1-5H3. The van der Waals surface area contributed by atoms with Gasteiger partial charge in [0.1, 0.15) is 6.54 Å². The topological polar surface area (TPSA) is 96.5 Å². The van der Waals surface area contributed by atoms with E-state index in [1.165, 1.54) is 12.0 Å². The van der Waals surface area contributed by atoms with Crippen LogP contribution < -0.4 is 9.47 Å². The number of methoxy groups -OCH3 is 1. The van der Waals surface area contributed by atoms with E-state index in [1.807, 2.05) is 13.0 Å². The van der Waals surface area contributed by atoms with Crippen molar-refractivity contribution in [3.8, 4) is 11.5 Å². The molecule has 0 atom stereocenters. The number of ether oxygens (including phenoxy) is 2. The van der Waals surface area contributed by atoms with Gasteiger partial charge in [0.25, 0.3) is 0 Å². The summed E-state index contributed by atoms with van der Waals surface area (Å²) in [4.78, 5) is 52.3. The van der Waals surface area contributed by atoms with Crippen LogP contribution in [-0.2, 0) is 20.9 Å². The summed E-state index contributed by atoms with van der Waals surface area (Å²) in [6.07, 6.45) is 0. The van der Waals surface area contributed by atoms with Gasteiger partial charge in [0.05, 0.1) is 13.7 Å². The van der Waals surface area contributed by atoms with Crippen molar-refractivity contribution >= 4 is 23.8 Å². The normalized spacial score (nSPS) is 14.1. The first-order valence-electron chi connectivity index (χ1n) is 9.51. The molecule has 158 valence electrons. The van der Waals surface area contributed by atoms with Gasteiger partial charge in [-0.25, -0.2) is 9.69 Å². The Balaban J connectivity index is 2.12. The van der Waals surface area contributed by atoms with Crippen molar-refractivity contribution < 1.29 is 28.7 Å². The van der Waals surface area contributed by atoms with E-state index in [0.717, 1.165) is 10.5 Å². The summed E-state index contributed by atoms with van der Waals surface area (Å²) in [5, 5.41) is 0. The van der Waals surface area contributed by atoms with E-state index < -0.39 is 36.3 Å². The quantitative estimate of drug-likeness (QED) is 0.458. The lowest BCUT2D eigenvalue weighted by Crippen LogP contribution is -2.44. The smallest absolute Gasteiger partial charge is 0.334 e. The van der Waals surface area contributed by atoms with Gasteiger partial charge in [0, 0.05) is 19.1 Å². The number of amides is 5. The first-order chi connectivity index (χ1) is 13.7. The zero-order valence-corrected chi connectivity index (χ0v) is 17.4. The summed E-state index contributed by atoms with van der Waals surface area (Å²) in [7, 11) is 1.53. The van der Waals surface area contributed by atoms with Crippen molar-refractivity contribution in [3.05, 3.63) is 23.8 Å². The Bertz CT molecular complexity index is 807. The average molecular weight is 405 g/mol. The van der Waals surface area contributed by atoms with Crippen molar-refractivity contribution in [2.24, 2.45) is 0 Å². The largest absolute Gasteiger partial charge is 0.493 e.